The number of piperidine rings is 1. The van der Waals surface area contributed by atoms with Crippen molar-refractivity contribution < 1.29 is 4.79 Å². The second-order valence-electron chi connectivity index (χ2n) is 4.03. The average molecular weight is 214 g/mol. The number of rotatable bonds is 4. The maximum absolute atomic E-state index is 11.4. The van der Waals surface area contributed by atoms with Crippen LogP contribution in [0.1, 0.15) is 25.7 Å². The van der Waals surface area contributed by atoms with E-state index in [1.54, 1.807) is 0 Å². The van der Waals surface area contributed by atoms with Crippen molar-refractivity contribution in [2.24, 2.45) is 5.73 Å². The summed E-state index contributed by atoms with van der Waals surface area (Å²) in [6.45, 7) is 2.33. The molecule has 1 fully saturated rings. The molecule has 0 radical (unpaired) electrons. The Balaban J connectivity index is 2.18. The largest absolute Gasteiger partial charge is 0.338 e. The first-order chi connectivity index (χ1) is 7.24. The molecule has 1 aliphatic rings. The van der Waals surface area contributed by atoms with Gasteiger partial charge in [0.25, 0.3) is 0 Å². The Morgan fingerprint density at radius 1 is 1.53 bits per heavy atom. The fourth-order valence-electron chi connectivity index (χ4n) is 1.76. The standard InChI is InChI=1S/C10H22N4O/c1-14-8-3-2-5-9(14)13-10(15)12-7-4-6-11/h9H,2-8,11H2,1H3,(H2,12,13,15). The smallest absolute Gasteiger partial charge is 0.316 e. The van der Waals surface area contributed by atoms with E-state index in [0.29, 0.717) is 13.1 Å². The SMILES string of the molecule is CN1CCCCC1NC(=O)NCCCN. The molecule has 1 atom stereocenters. The number of carbonyl (C=O) groups is 1. The fraction of sp³-hybridized carbons (Fsp3) is 0.900. The lowest BCUT2D eigenvalue weighted by atomic mass is 10.1. The molecule has 0 aromatic carbocycles. The molecule has 4 N–H and O–H groups in total. The van der Waals surface area contributed by atoms with Crippen molar-refractivity contribution in [3.8, 4) is 0 Å². The van der Waals surface area contributed by atoms with Gasteiger partial charge in [0.2, 0.25) is 0 Å². The van der Waals surface area contributed by atoms with Gasteiger partial charge in [0.15, 0.2) is 0 Å². The van der Waals surface area contributed by atoms with E-state index in [9.17, 15) is 4.79 Å². The van der Waals surface area contributed by atoms with Crippen LogP contribution in [0.3, 0.4) is 0 Å². The summed E-state index contributed by atoms with van der Waals surface area (Å²) in [5.74, 6) is 0. The Morgan fingerprint density at radius 2 is 2.33 bits per heavy atom. The highest BCUT2D eigenvalue weighted by molar-refractivity contribution is 5.74. The molecule has 1 rings (SSSR count). The molecule has 1 aliphatic heterocycles. The Morgan fingerprint density at radius 3 is 3.00 bits per heavy atom. The molecular weight excluding hydrogens is 192 g/mol. The van der Waals surface area contributed by atoms with Crippen molar-refractivity contribution in [1.29, 1.82) is 0 Å². The molecule has 1 heterocycles. The van der Waals surface area contributed by atoms with Crippen LogP contribution in [0.25, 0.3) is 0 Å². The number of carbonyl (C=O) groups excluding carboxylic acids is 1. The quantitative estimate of drug-likeness (QED) is 0.580. The first-order valence-electron chi connectivity index (χ1n) is 5.68. The van der Waals surface area contributed by atoms with E-state index >= 15 is 0 Å². The number of hydrogen-bond donors (Lipinski definition) is 3. The molecular formula is C10H22N4O. The molecule has 5 heteroatoms. The lowest BCUT2D eigenvalue weighted by Crippen LogP contribution is -2.51. The highest BCUT2D eigenvalue weighted by Crippen LogP contribution is 2.12. The van der Waals surface area contributed by atoms with Gasteiger partial charge in [-0.2, -0.15) is 0 Å². The second-order valence-corrected chi connectivity index (χ2v) is 4.03. The van der Waals surface area contributed by atoms with Crippen LogP contribution < -0.4 is 16.4 Å². The Labute approximate surface area is 91.4 Å². The molecule has 88 valence electrons. The lowest BCUT2D eigenvalue weighted by molar-refractivity contribution is 0.154. The predicted octanol–water partition coefficient (Wildman–Crippen LogP) is 0.0762. The predicted molar refractivity (Wildman–Crippen MR) is 60.5 cm³/mol. The third-order valence-corrected chi connectivity index (χ3v) is 2.73. The van der Waals surface area contributed by atoms with Gasteiger partial charge in [-0.3, -0.25) is 4.90 Å². The van der Waals surface area contributed by atoms with E-state index in [0.717, 1.165) is 19.4 Å². The summed E-state index contributed by atoms with van der Waals surface area (Å²) in [5, 5.41) is 5.76. The van der Waals surface area contributed by atoms with Gasteiger partial charge in [-0.15, -0.1) is 0 Å². The van der Waals surface area contributed by atoms with Gasteiger partial charge in [0.05, 0.1) is 6.17 Å². The molecule has 0 aromatic rings. The normalized spacial score (nSPS) is 22.4. The van der Waals surface area contributed by atoms with Crippen LogP contribution in [0.5, 0.6) is 0 Å². The minimum atomic E-state index is -0.0813. The maximum atomic E-state index is 11.4. The van der Waals surface area contributed by atoms with E-state index < -0.39 is 0 Å². The van der Waals surface area contributed by atoms with Gasteiger partial charge in [-0.05, 0) is 45.8 Å². The number of urea groups is 1. The third-order valence-electron chi connectivity index (χ3n) is 2.73. The minimum absolute atomic E-state index is 0.0813. The number of nitrogens with two attached hydrogens (primary N) is 1. The molecule has 0 aromatic heterocycles. The molecule has 15 heavy (non-hydrogen) atoms. The minimum Gasteiger partial charge on any atom is -0.338 e. The molecule has 0 spiro atoms. The van der Waals surface area contributed by atoms with Gasteiger partial charge < -0.3 is 16.4 Å². The van der Waals surface area contributed by atoms with Gasteiger partial charge in [0, 0.05) is 6.54 Å². The fourth-order valence-corrected chi connectivity index (χ4v) is 1.76. The average Bonchev–Trinajstić information content (AvgIpc) is 2.22. The zero-order valence-electron chi connectivity index (χ0n) is 9.46. The number of hydrogen-bond acceptors (Lipinski definition) is 3. The zero-order valence-corrected chi connectivity index (χ0v) is 9.46. The van der Waals surface area contributed by atoms with Crippen LogP contribution in [-0.4, -0.2) is 43.8 Å². The molecule has 1 saturated heterocycles. The Hall–Kier alpha value is -0.810. The second kappa shape index (κ2) is 6.63. The molecule has 0 saturated carbocycles. The summed E-state index contributed by atoms with van der Waals surface area (Å²) in [6, 6.07) is -0.0813. The van der Waals surface area contributed by atoms with Crippen LogP contribution >= 0.6 is 0 Å². The number of amides is 2. The van der Waals surface area contributed by atoms with E-state index in [4.69, 9.17) is 5.73 Å². The van der Waals surface area contributed by atoms with Gasteiger partial charge >= 0.3 is 6.03 Å². The maximum Gasteiger partial charge on any atom is 0.316 e. The van der Waals surface area contributed by atoms with E-state index in [1.807, 2.05) is 7.05 Å². The zero-order chi connectivity index (χ0) is 11.1. The van der Waals surface area contributed by atoms with Crippen molar-refractivity contribution in [1.82, 2.24) is 15.5 Å². The first kappa shape index (κ1) is 12.3. The van der Waals surface area contributed by atoms with E-state index in [1.165, 1.54) is 12.8 Å². The van der Waals surface area contributed by atoms with Crippen molar-refractivity contribution in [2.45, 2.75) is 31.8 Å². The highest BCUT2D eigenvalue weighted by atomic mass is 16.2. The molecule has 2 amide bonds. The third kappa shape index (κ3) is 4.48. The van der Waals surface area contributed by atoms with Crippen molar-refractivity contribution >= 4 is 6.03 Å². The van der Waals surface area contributed by atoms with E-state index in [2.05, 4.69) is 15.5 Å². The Kier molecular flexibility index (Phi) is 5.42. The number of likely N-dealkylation sites (tertiary alicyclic amines) is 1. The van der Waals surface area contributed by atoms with Gasteiger partial charge in [0.1, 0.15) is 0 Å². The number of nitrogens with zero attached hydrogens (tertiary/aromatic N) is 1. The first-order valence-corrected chi connectivity index (χ1v) is 5.68. The van der Waals surface area contributed by atoms with Crippen molar-refractivity contribution in [2.75, 3.05) is 26.7 Å². The molecule has 5 nitrogen and oxygen atoms in total. The summed E-state index contributed by atoms with van der Waals surface area (Å²) < 4.78 is 0. The molecule has 0 aliphatic carbocycles. The topological polar surface area (TPSA) is 70.4 Å². The summed E-state index contributed by atoms with van der Waals surface area (Å²) >= 11 is 0. The molecule has 0 bridgehead atoms. The van der Waals surface area contributed by atoms with Crippen molar-refractivity contribution in [3.05, 3.63) is 0 Å². The van der Waals surface area contributed by atoms with Crippen LogP contribution in [0.15, 0.2) is 0 Å². The summed E-state index contributed by atoms with van der Waals surface area (Å²) in [6.07, 6.45) is 4.48. The van der Waals surface area contributed by atoms with Crippen LogP contribution in [-0.2, 0) is 0 Å². The molecule has 1 unspecified atom stereocenters. The van der Waals surface area contributed by atoms with Gasteiger partial charge in [-0.1, -0.05) is 0 Å². The highest BCUT2D eigenvalue weighted by Gasteiger charge is 2.19. The lowest BCUT2D eigenvalue weighted by Gasteiger charge is -2.32. The van der Waals surface area contributed by atoms with E-state index in [-0.39, 0.29) is 12.2 Å². The monoisotopic (exact) mass is 214 g/mol. The van der Waals surface area contributed by atoms with Crippen LogP contribution in [0, 0.1) is 0 Å². The van der Waals surface area contributed by atoms with Crippen LogP contribution in [0.2, 0.25) is 0 Å². The van der Waals surface area contributed by atoms with Crippen LogP contribution in [0.4, 0.5) is 4.79 Å². The van der Waals surface area contributed by atoms with Crippen molar-refractivity contribution in [3.63, 3.8) is 0 Å². The van der Waals surface area contributed by atoms with Gasteiger partial charge in [-0.25, -0.2) is 4.79 Å². The summed E-state index contributed by atoms with van der Waals surface area (Å²) in [4.78, 5) is 13.6. The summed E-state index contributed by atoms with van der Waals surface area (Å²) in [5.41, 5.74) is 5.34. The Bertz CT molecular complexity index is 198. The summed E-state index contributed by atoms with van der Waals surface area (Å²) in [7, 11) is 2.05. The number of nitrogens with one attached hydrogen (secondary N) is 2.